The number of methoxy groups -OCH3 is 1. The molecule has 1 aliphatic rings. The fourth-order valence-corrected chi connectivity index (χ4v) is 3.49. The summed E-state index contributed by atoms with van der Waals surface area (Å²) < 4.78 is 11.9. The van der Waals surface area contributed by atoms with Crippen molar-refractivity contribution in [2.24, 2.45) is 0 Å². The average molecular weight is 459 g/mol. The average Bonchev–Trinajstić information content (AvgIpc) is 2.72. The van der Waals surface area contributed by atoms with Crippen molar-refractivity contribution in [3.8, 4) is 11.5 Å². The molecule has 6 nitrogen and oxygen atoms in total. The molecule has 0 aliphatic carbocycles. The maximum Gasteiger partial charge on any atom is 0.253 e. The third-order valence-corrected chi connectivity index (χ3v) is 4.95. The number of anilines is 1. The highest BCUT2D eigenvalue weighted by atomic mass is 79.9. The number of nitrogens with zero attached hydrogens (tertiary/aromatic N) is 1. The number of carbonyl (C=O) groups excluding carboxylic acids is 2. The number of halogens is 1. The second-order valence-electron chi connectivity index (χ2n) is 6.62. The highest BCUT2D eigenvalue weighted by molar-refractivity contribution is 9.10. The zero-order valence-electron chi connectivity index (χ0n) is 16.4. The lowest BCUT2D eigenvalue weighted by molar-refractivity contribution is -0.131. The first kappa shape index (κ1) is 20.9. The minimum atomic E-state index is -0.281. The van der Waals surface area contributed by atoms with Crippen molar-refractivity contribution in [1.82, 2.24) is 4.90 Å². The zero-order valence-corrected chi connectivity index (χ0v) is 18.0. The number of amides is 2. The summed E-state index contributed by atoms with van der Waals surface area (Å²) in [5.74, 6) is 0.824. The van der Waals surface area contributed by atoms with Crippen LogP contribution in [0.3, 0.4) is 0 Å². The molecule has 3 rings (SSSR count). The van der Waals surface area contributed by atoms with Gasteiger partial charge >= 0.3 is 0 Å². The molecule has 0 spiro atoms. The van der Waals surface area contributed by atoms with Crippen molar-refractivity contribution in [3.05, 3.63) is 58.1 Å². The Hall–Kier alpha value is -2.80. The van der Waals surface area contributed by atoms with Crippen LogP contribution in [0.2, 0.25) is 0 Å². The standard InChI is InChI=1S/C22H23BrN2O4/c1-3-10-25(13-21(26)24-18-6-4-5-7-20(18)28-2)22(27)16-11-15-12-17(23)8-9-19(15)29-14-16/h4-9,11-12H,3,10,13-14H2,1-2H3,(H,24,26). The number of hydrogen-bond donors (Lipinski definition) is 1. The van der Waals surface area contributed by atoms with Gasteiger partial charge in [0.25, 0.3) is 5.91 Å². The van der Waals surface area contributed by atoms with Crippen molar-refractivity contribution in [2.75, 3.05) is 32.1 Å². The van der Waals surface area contributed by atoms with Gasteiger partial charge in [-0.2, -0.15) is 0 Å². The number of nitrogens with one attached hydrogen (secondary N) is 1. The van der Waals surface area contributed by atoms with Crippen LogP contribution in [0.15, 0.2) is 52.5 Å². The van der Waals surface area contributed by atoms with E-state index in [-0.39, 0.29) is 25.0 Å². The monoisotopic (exact) mass is 458 g/mol. The number of rotatable bonds is 7. The van der Waals surface area contributed by atoms with E-state index in [0.717, 1.165) is 22.2 Å². The second-order valence-corrected chi connectivity index (χ2v) is 7.53. The molecule has 0 bridgehead atoms. The van der Waals surface area contributed by atoms with Gasteiger partial charge in [-0.3, -0.25) is 9.59 Å². The Bertz CT molecular complexity index is 942. The van der Waals surface area contributed by atoms with E-state index < -0.39 is 0 Å². The molecule has 0 fully saturated rings. The topological polar surface area (TPSA) is 67.9 Å². The lowest BCUT2D eigenvalue weighted by Gasteiger charge is -2.25. The summed E-state index contributed by atoms with van der Waals surface area (Å²) in [6.07, 6.45) is 2.57. The van der Waals surface area contributed by atoms with Crippen LogP contribution in [0.4, 0.5) is 5.69 Å². The first-order valence-electron chi connectivity index (χ1n) is 9.37. The fraction of sp³-hybridized carbons (Fsp3) is 0.273. The molecule has 1 aliphatic heterocycles. The SMILES string of the molecule is CCCN(CC(=O)Nc1ccccc1OC)C(=O)C1=Cc2cc(Br)ccc2OC1. The Morgan fingerprint density at radius 1 is 1.24 bits per heavy atom. The first-order chi connectivity index (χ1) is 14.0. The second kappa shape index (κ2) is 9.60. The molecule has 0 saturated heterocycles. The van der Waals surface area contributed by atoms with Crippen LogP contribution in [0.5, 0.6) is 11.5 Å². The first-order valence-corrected chi connectivity index (χ1v) is 10.2. The molecule has 152 valence electrons. The Morgan fingerprint density at radius 2 is 2.03 bits per heavy atom. The smallest absolute Gasteiger partial charge is 0.253 e. The predicted octanol–water partition coefficient (Wildman–Crippen LogP) is 4.11. The van der Waals surface area contributed by atoms with Crippen LogP contribution in [0, 0.1) is 0 Å². The molecule has 0 saturated carbocycles. The van der Waals surface area contributed by atoms with Crippen molar-refractivity contribution >= 4 is 39.5 Å². The summed E-state index contributed by atoms with van der Waals surface area (Å²) >= 11 is 3.43. The summed E-state index contributed by atoms with van der Waals surface area (Å²) in [6, 6.07) is 12.8. The van der Waals surface area contributed by atoms with E-state index in [1.54, 1.807) is 24.1 Å². The lowest BCUT2D eigenvalue weighted by Crippen LogP contribution is -2.40. The van der Waals surface area contributed by atoms with Gasteiger partial charge in [-0.25, -0.2) is 0 Å². The molecule has 1 N–H and O–H groups in total. The van der Waals surface area contributed by atoms with Crippen LogP contribution in [-0.2, 0) is 9.59 Å². The van der Waals surface area contributed by atoms with E-state index in [1.807, 2.05) is 43.3 Å². The summed E-state index contributed by atoms with van der Waals surface area (Å²) in [5, 5.41) is 2.82. The molecular weight excluding hydrogens is 436 g/mol. The normalized spacial score (nSPS) is 12.3. The number of benzene rings is 2. The quantitative estimate of drug-likeness (QED) is 0.677. The summed E-state index contributed by atoms with van der Waals surface area (Å²) in [5.41, 5.74) is 1.93. The summed E-state index contributed by atoms with van der Waals surface area (Å²) in [4.78, 5) is 27.2. The van der Waals surface area contributed by atoms with Crippen molar-refractivity contribution in [1.29, 1.82) is 0 Å². The van der Waals surface area contributed by atoms with Gasteiger partial charge in [-0.05, 0) is 42.8 Å². The molecule has 2 aromatic carbocycles. The molecule has 0 atom stereocenters. The third-order valence-electron chi connectivity index (χ3n) is 4.46. The number of para-hydroxylation sites is 2. The largest absolute Gasteiger partial charge is 0.495 e. The lowest BCUT2D eigenvalue weighted by atomic mass is 10.1. The highest BCUT2D eigenvalue weighted by Gasteiger charge is 2.24. The Labute approximate surface area is 178 Å². The molecule has 0 aromatic heterocycles. The van der Waals surface area contributed by atoms with Crippen LogP contribution < -0.4 is 14.8 Å². The Balaban J connectivity index is 1.74. The molecule has 1 heterocycles. The van der Waals surface area contributed by atoms with Crippen molar-refractivity contribution in [3.63, 3.8) is 0 Å². The third kappa shape index (κ3) is 5.17. The molecule has 0 unspecified atom stereocenters. The maximum absolute atomic E-state index is 13.1. The van der Waals surface area contributed by atoms with Crippen LogP contribution in [0.1, 0.15) is 18.9 Å². The molecule has 7 heteroatoms. The number of carbonyl (C=O) groups is 2. The van der Waals surface area contributed by atoms with E-state index in [4.69, 9.17) is 9.47 Å². The molecule has 0 radical (unpaired) electrons. The van der Waals surface area contributed by atoms with E-state index in [1.165, 1.54) is 0 Å². The molecule has 2 amide bonds. The predicted molar refractivity (Wildman–Crippen MR) is 116 cm³/mol. The minimum absolute atomic E-state index is 0.0482. The molecule has 29 heavy (non-hydrogen) atoms. The minimum Gasteiger partial charge on any atom is -0.495 e. The molecule has 2 aromatic rings. The number of ether oxygens (including phenoxy) is 2. The van der Waals surface area contributed by atoms with E-state index in [2.05, 4.69) is 21.2 Å². The number of fused-ring (bicyclic) bond motifs is 1. The summed E-state index contributed by atoms with van der Waals surface area (Å²) in [7, 11) is 1.55. The van der Waals surface area contributed by atoms with E-state index >= 15 is 0 Å². The van der Waals surface area contributed by atoms with Gasteiger partial charge in [0.2, 0.25) is 5.91 Å². The van der Waals surface area contributed by atoms with Gasteiger partial charge in [0.15, 0.2) is 0 Å². The zero-order chi connectivity index (χ0) is 20.8. The van der Waals surface area contributed by atoms with Crippen LogP contribution in [-0.4, -0.2) is 43.5 Å². The van der Waals surface area contributed by atoms with E-state index in [9.17, 15) is 9.59 Å². The summed E-state index contributed by atoms with van der Waals surface area (Å²) in [6.45, 7) is 2.58. The molecular formula is C22H23BrN2O4. The fourth-order valence-electron chi connectivity index (χ4n) is 3.11. The van der Waals surface area contributed by atoms with Crippen molar-refractivity contribution < 1.29 is 19.1 Å². The van der Waals surface area contributed by atoms with Gasteiger partial charge < -0.3 is 19.7 Å². The maximum atomic E-state index is 13.1. The number of hydrogen-bond acceptors (Lipinski definition) is 4. The van der Waals surface area contributed by atoms with Gasteiger partial charge in [-0.1, -0.05) is 35.0 Å². The van der Waals surface area contributed by atoms with E-state index in [0.29, 0.717) is 23.6 Å². The highest BCUT2D eigenvalue weighted by Crippen LogP contribution is 2.30. The Kier molecular flexibility index (Phi) is 6.93. The van der Waals surface area contributed by atoms with Gasteiger partial charge in [0, 0.05) is 16.6 Å². The van der Waals surface area contributed by atoms with Gasteiger partial charge in [0.1, 0.15) is 24.7 Å². The van der Waals surface area contributed by atoms with Gasteiger partial charge in [-0.15, -0.1) is 0 Å². The Morgan fingerprint density at radius 3 is 2.79 bits per heavy atom. The van der Waals surface area contributed by atoms with Crippen molar-refractivity contribution in [2.45, 2.75) is 13.3 Å². The van der Waals surface area contributed by atoms with Crippen LogP contribution >= 0.6 is 15.9 Å². The van der Waals surface area contributed by atoms with Crippen LogP contribution in [0.25, 0.3) is 6.08 Å². The van der Waals surface area contributed by atoms with Gasteiger partial charge in [0.05, 0.1) is 18.4 Å².